The third-order valence-corrected chi connectivity index (χ3v) is 3.13. The first-order valence-electron chi connectivity index (χ1n) is 8.19. The van der Waals surface area contributed by atoms with Gasteiger partial charge in [-0.15, -0.1) is 0 Å². The molecule has 0 aliphatic heterocycles. The van der Waals surface area contributed by atoms with Crippen molar-refractivity contribution in [2.75, 3.05) is 24.7 Å². The van der Waals surface area contributed by atoms with E-state index in [0.29, 0.717) is 30.1 Å². The zero-order chi connectivity index (χ0) is 19.7. The van der Waals surface area contributed by atoms with Crippen LogP contribution in [0.2, 0.25) is 0 Å². The zero-order valence-electron chi connectivity index (χ0n) is 15.7. The Balaban J connectivity index is 2.54. The molecule has 0 bridgehead atoms. The van der Waals surface area contributed by atoms with Crippen molar-refractivity contribution in [1.29, 1.82) is 0 Å². The number of allylic oxidation sites excluding steroid dienone is 2. The molecule has 1 aromatic rings. The predicted octanol–water partition coefficient (Wildman–Crippen LogP) is 2.63. The number of hydrogen-bond acceptors (Lipinski definition) is 6. The van der Waals surface area contributed by atoms with Crippen molar-refractivity contribution in [1.82, 2.24) is 0 Å². The lowest BCUT2D eigenvalue weighted by atomic mass is 10.1. The second kappa shape index (κ2) is 9.50. The number of methoxy groups -OCH3 is 1. The molecule has 0 aromatic heterocycles. The third-order valence-electron chi connectivity index (χ3n) is 3.13. The number of esters is 1. The number of anilines is 2. The highest BCUT2D eigenvalue weighted by atomic mass is 16.6. The summed E-state index contributed by atoms with van der Waals surface area (Å²) in [5.41, 5.74) is 12.0. The Kier molecular flexibility index (Phi) is 7.71. The summed E-state index contributed by atoms with van der Waals surface area (Å²) >= 11 is 0. The van der Waals surface area contributed by atoms with E-state index in [1.54, 1.807) is 6.08 Å². The molecule has 0 aliphatic rings. The number of carbonyl (C=O) groups excluding carboxylic acids is 2. The van der Waals surface area contributed by atoms with Crippen LogP contribution in [0, 0.1) is 0 Å². The molecule has 26 heavy (non-hydrogen) atoms. The third kappa shape index (κ3) is 7.29. The van der Waals surface area contributed by atoms with Gasteiger partial charge in [-0.2, -0.15) is 0 Å². The molecule has 0 saturated carbocycles. The van der Waals surface area contributed by atoms with Crippen molar-refractivity contribution in [2.45, 2.75) is 32.8 Å². The van der Waals surface area contributed by atoms with Gasteiger partial charge in [0.15, 0.2) is 0 Å². The van der Waals surface area contributed by atoms with E-state index in [2.05, 4.69) is 5.32 Å². The fourth-order valence-electron chi connectivity index (χ4n) is 2.05. The van der Waals surface area contributed by atoms with Gasteiger partial charge >= 0.3 is 5.97 Å². The number of nitrogens with two attached hydrogens (primary N) is 2. The van der Waals surface area contributed by atoms with Crippen LogP contribution in [0.4, 0.5) is 11.4 Å². The summed E-state index contributed by atoms with van der Waals surface area (Å²) in [5.74, 6) is -0.494. The average molecular weight is 361 g/mol. The summed E-state index contributed by atoms with van der Waals surface area (Å²) in [4.78, 5) is 22.8. The number of hydrogen-bond donors (Lipinski definition) is 3. The molecule has 0 aliphatic carbocycles. The molecule has 142 valence electrons. The van der Waals surface area contributed by atoms with Crippen LogP contribution in [-0.2, 0) is 9.53 Å². The summed E-state index contributed by atoms with van der Waals surface area (Å²) in [5, 5.41) is 3.12. The SMILES string of the molecule is COc1cc(C(N)=O)cc(N)c1NC/C=C/C/C=C/C(=O)OC(C)(C)C. The molecule has 0 fully saturated rings. The van der Waals surface area contributed by atoms with Gasteiger partial charge in [0.2, 0.25) is 5.91 Å². The molecule has 0 unspecified atom stereocenters. The molecule has 1 rings (SSSR count). The van der Waals surface area contributed by atoms with Gasteiger partial charge in [0.25, 0.3) is 0 Å². The standard InChI is InChI=1S/C19H27N3O4/c1-19(2,3)26-16(23)9-7-5-6-8-10-22-17-14(20)11-13(18(21)24)12-15(17)25-4/h6-9,11-12,22H,5,10,20H2,1-4H3,(H2,21,24)/b8-6+,9-7+. The highest BCUT2D eigenvalue weighted by Crippen LogP contribution is 2.32. The van der Waals surface area contributed by atoms with Crippen molar-refractivity contribution in [3.05, 3.63) is 42.0 Å². The van der Waals surface area contributed by atoms with Crippen molar-refractivity contribution < 1.29 is 19.1 Å². The van der Waals surface area contributed by atoms with Crippen LogP contribution >= 0.6 is 0 Å². The van der Waals surface area contributed by atoms with Gasteiger partial charge in [0.1, 0.15) is 17.0 Å². The molecule has 0 radical (unpaired) electrons. The molecule has 0 saturated heterocycles. The maximum absolute atomic E-state index is 11.5. The van der Waals surface area contributed by atoms with Gasteiger partial charge in [0, 0.05) is 18.2 Å². The van der Waals surface area contributed by atoms with Crippen molar-refractivity contribution in [2.24, 2.45) is 5.73 Å². The minimum absolute atomic E-state index is 0.285. The number of amides is 1. The smallest absolute Gasteiger partial charge is 0.330 e. The highest BCUT2D eigenvalue weighted by Gasteiger charge is 2.13. The van der Waals surface area contributed by atoms with E-state index in [9.17, 15) is 9.59 Å². The summed E-state index contributed by atoms with van der Waals surface area (Å²) in [6.07, 6.45) is 7.51. The summed E-state index contributed by atoms with van der Waals surface area (Å²) < 4.78 is 10.4. The molecular formula is C19H27N3O4. The number of primary amides is 1. The van der Waals surface area contributed by atoms with Gasteiger partial charge < -0.3 is 26.3 Å². The van der Waals surface area contributed by atoms with Gasteiger partial charge in [0.05, 0.1) is 12.8 Å². The number of benzene rings is 1. The second-order valence-electron chi connectivity index (χ2n) is 6.53. The molecule has 1 amide bonds. The Hall–Kier alpha value is -2.96. The van der Waals surface area contributed by atoms with Gasteiger partial charge in [-0.05, 0) is 39.3 Å². The molecule has 0 atom stereocenters. The average Bonchev–Trinajstić information content (AvgIpc) is 2.52. The highest BCUT2D eigenvalue weighted by molar-refractivity contribution is 5.96. The van der Waals surface area contributed by atoms with E-state index in [1.165, 1.54) is 25.3 Å². The zero-order valence-corrected chi connectivity index (χ0v) is 15.7. The molecule has 0 spiro atoms. The number of nitrogen functional groups attached to an aromatic ring is 1. The monoisotopic (exact) mass is 361 g/mol. The van der Waals surface area contributed by atoms with Gasteiger partial charge in [-0.3, -0.25) is 4.79 Å². The van der Waals surface area contributed by atoms with Crippen LogP contribution in [0.15, 0.2) is 36.4 Å². The number of rotatable bonds is 8. The van der Waals surface area contributed by atoms with Crippen LogP contribution in [0.3, 0.4) is 0 Å². The number of carbonyl (C=O) groups is 2. The molecule has 1 aromatic carbocycles. The van der Waals surface area contributed by atoms with Crippen LogP contribution < -0.4 is 21.5 Å². The quantitative estimate of drug-likeness (QED) is 0.284. The molecule has 0 heterocycles. The fraction of sp³-hybridized carbons (Fsp3) is 0.368. The fourth-order valence-corrected chi connectivity index (χ4v) is 2.05. The Bertz CT molecular complexity index is 703. The Labute approximate surface area is 154 Å². The lowest BCUT2D eigenvalue weighted by Crippen LogP contribution is -2.22. The molecule has 5 N–H and O–H groups in total. The van der Waals surface area contributed by atoms with E-state index in [4.69, 9.17) is 20.9 Å². The molecule has 7 nitrogen and oxygen atoms in total. The maximum Gasteiger partial charge on any atom is 0.330 e. The first kappa shape index (κ1) is 21.1. The first-order chi connectivity index (χ1) is 12.1. The van der Waals surface area contributed by atoms with Crippen LogP contribution in [0.5, 0.6) is 5.75 Å². The summed E-state index contributed by atoms with van der Waals surface area (Å²) in [6.45, 7) is 5.96. The van der Waals surface area contributed by atoms with E-state index in [0.717, 1.165) is 0 Å². The number of nitrogens with one attached hydrogen (secondary N) is 1. The van der Waals surface area contributed by atoms with Crippen molar-refractivity contribution in [3.8, 4) is 5.75 Å². The first-order valence-corrected chi connectivity index (χ1v) is 8.19. The van der Waals surface area contributed by atoms with Crippen LogP contribution in [0.25, 0.3) is 0 Å². The van der Waals surface area contributed by atoms with Gasteiger partial charge in [-0.25, -0.2) is 4.79 Å². The molecule has 7 heteroatoms. The predicted molar refractivity (Wildman–Crippen MR) is 103 cm³/mol. The van der Waals surface area contributed by atoms with Crippen LogP contribution in [0.1, 0.15) is 37.6 Å². The Morgan fingerprint density at radius 1 is 1.19 bits per heavy atom. The van der Waals surface area contributed by atoms with E-state index >= 15 is 0 Å². The van der Waals surface area contributed by atoms with Crippen molar-refractivity contribution >= 4 is 23.3 Å². The lowest BCUT2D eigenvalue weighted by Gasteiger charge is -2.17. The Morgan fingerprint density at radius 2 is 1.88 bits per heavy atom. The minimum Gasteiger partial charge on any atom is -0.494 e. The normalized spacial score (nSPS) is 11.7. The van der Waals surface area contributed by atoms with E-state index < -0.39 is 11.5 Å². The second-order valence-corrected chi connectivity index (χ2v) is 6.53. The number of ether oxygens (including phenoxy) is 2. The van der Waals surface area contributed by atoms with Crippen molar-refractivity contribution in [3.63, 3.8) is 0 Å². The minimum atomic E-state index is -0.571. The molecular weight excluding hydrogens is 334 g/mol. The van der Waals surface area contributed by atoms with Gasteiger partial charge in [-0.1, -0.05) is 18.2 Å². The summed E-state index contributed by atoms with van der Waals surface area (Å²) in [6, 6.07) is 3.04. The Morgan fingerprint density at radius 3 is 2.46 bits per heavy atom. The lowest BCUT2D eigenvalue weighted by molar-refractivity contribution is -0.148. The van der Waals surface area contributed by atoms with E-state index in [-0.39, 0.29) is 11.5 Å². The van der Waals surface area contributed by atoms with E-state index in [1.807, 2.05) is 32.9 Å². The largest absolute Gasteiger partial charge is 0.494 e. The maximum atomic E-state index is 11.5. The van der Waals surface area contributed by atoms with Crippen LogP contribution in [-0.4, -0.2) is 31.1 Å². The topological polar surface area (TPSA) is 117 Å². The summed E-state index contributed by atoms with van der Waals surface area (Å²) in [7, 11) is 1.49.